The lowest BCUT2D eigenvalue weighted by Crippen LogP contribution is -2.29. The van der Waals surface area contributed by atoms with Crippen molar-refractivity contribution < 1.29 is 23.1 Å². The van der Waals surface area contributed by atoms with Crippen LogP contribution in [0.5, 0.6) is 0 Å². The molecule has 11 heteroatoms. The van der Waals surface area contributed by atoms with E-state index in [1.54, 1.807) is 12.1 Å². The highest BCUT2D eigenvalue weighted by atomic mass is 35.5. The maximum absolute atomic E-state index is 13.1. The molecule has 3 N–H and O–H groups in total. The van der Waals surface area contributed by atoms with Gasteiger partial charge in [-0.05, 0) is 54.1 Å². The SMILES string of the molecule is NS(=O)(=O)c1ccc(N2C(=O)C(=O)/C(=C(/O)c3ccc(Cl)c(Cl)c3)C2c2cccnc2)cc1. The van der Waals surface area contributed by atoms with Crippen LogP contribution in [0.1, 0.15) is 17.2 Å². The number of anilines is 1. The predicted octanol–water partition coefficient (Wildman–Crippen LogP) is 3.66. The van der Waals surface area contributed by atoms with E-state index in [0.29, 0.717) is 5.56 Å². The van der Waals surface area contributed by atoms with E-state index in [1.807, 2.05) is 0 Å². The van der Waals surface area contributed by atoms with Gasteiger partial charge >= 0.3 is 0 Å². The monoisotopic (exact) mass is 503 g/mol. The number of hydrogen-bond donors (Lipinski definition) is 2. The van der Waals surface area contributed by atoms with E-state index < -0.39 is 33.5 Å². The lowest BCUT2D eigenvalue weighted by atomic mass is 9.96. The summed E-state index contributed by atoms with van der Waals surface area (Å²) in [5.41, 5.74) is 0.697. The van der Waals surface area contributed by atoms with Crippen LogP contribution in [0, 0.1) is 0 Å². The number of Topliss-reactive ketones (excluding diaryl/α,β-unsaturated/α-hetero) is 1. The van der Waals surface area contributed by atoms with Crippen LogP contribution in [0.3, 0.4) is 0 Å². The molecular formula is C22H15Cl2N3O5S. The van der Waals surface area contributed by atoms with Crippen molar-refractivity contribution in [3.05, 3.63) is 93.7 Å². The highest BCUT2D eigenvalue weighted by molar-refractivity contribution is 7.89. The molecule has 168 valence electrons. The van der Waals surface area contributed by atoms with Gasteiger partial charge < -0.3 is 5.11 Å². The van der Waals surface area contributed by atoms with Gasteiger partial charge in [0, 0.05) is 23.6 Å². The Morgan fingerprint density at radius 3 is 2.30 bits per heavy atom. The van der Waals surface area contributed by atoms with Crippen LogP contribution in [0.4, 0.5) is 5.69 Å². The Kier molecular flexibility index (Phi) is 5.98. The molecule has 2 aromatic carbocycles. The van der Waals surface area contributed by atoms with Crippen molar-refractivity contribution in [2.75, 3.05) is 4.90 Å². The molecule has 0 radical (unpaired) electrons. The molecule has 1 aromatic heterocycles. The third kappa shape index (κ3) is 4.23. The van der Waals surface area contributed by atoms with E-state index in [9.17, 15) is 23.1 Å². The van der Waals surface area contributed by atoms with Gasteiger partial charge in [-0.3, -0.25) is 19.5 Å². The molecule has 1 fully saturated rings. The first kappa shape index (κ1) is 22.9. The van der Waals surface area contributed by atoms with Gasteiger partial charge in [0.1, 0.15) is 5.76 Å². The Bertz CT molecular complexity index is 1410. The molecule has 0 bridgehead atoms. The van der Waals surface area contributed by atoms with Crippen LogP contribution in [-0.2, 0) is 19.6 Å². The van der Waals surface area contributed by atoms with Gasteiger partial charge in [-0.1, -0.05) is 29.3 Å². The Morgan fingerprint density at radius 2 is 1.73 bits per heavy atom. The standard InChI is InChI=1S/C22H15Cl2N3O5S/c23-16-8-3-12(10-17(16)24)20(28)18-19(13-2-1-9-26-11-13)27(22(30)21(18)29)14-4-6-15(7-5-14)33(25,31)32/h1-11,19,28H,(H2,25,31,32)/b20-18+. The van der Waals surface area contributed by atoms with Gasteiger partial charge in [0.15, 0.2) is 0 Å². The average Bonchev–Trinajstić information content (AvgIpc) is 3.06. The average molecular weight is 504 g/mol. The summed E-state index contributed by atoms with van der Waals surface area (Å²) in [4.78, 5) is 31.2. The van der Waals surface area contributed by atoms with Crippen LogP contribution in [0.15, 0.2) is 77.5 Å². The number of ketones is 1. The molecule has 0 saturated carbocycles. The predicted molar refractivity (Wildman–Crippen MR) is 123 cm³/mol. The van der Waals surface area contributed by atoms with Crippen LogP contribution in [-0.4, -0.2) is 30.2 Å². The normalized spacial score (nSPS) is 18.0. The number of aromatic nitrogens is 1. The topological polar surface area (TPSA) is 131 Å². The third-order valence-electron chi connectivity index (χ3n) is 5.08. The van der Waals surface area contributed by atoms with Crippen LogP contribution < -0.4 is 10.0 Å². The molecular weight excluding hydrogens is 489 g/mol. The van der Waals surface area contributed by atoms with Crippen molar-refractivity contribution in [2.24, 2.45) is 5.14 Å². The number of halogens is 2. The molecule has 0 aliphatic carbocycles. The molecule has 3 aromatic rings. The molecule has 4 rings (SSSR count). The van der Waals surface area contributed by atoms with Crippen molar-refractivity contribution in [1.29, 1.82) is 0 Å². The first-order chi connectivity index (χ1) is 15.6. The second kappa shape index (κ2) is 8.60. The summed E-state index contributed by atoms with van der Waals surface area (Å²) in [6.45, 7) is 0. The number of hydrogen-bond acceptors (Lipinski definition) is 6. The number of nitrogens with two attached hydrogens (primary N) is 1. The highest BCUT2D eigenvalue weighted by Crippen LogP contribution is 2.42. The van der Waals surface area contributed by atoms with E-state index in [4.69, 9.17) is 28.3 Å². The minimum atomic E-state index is -3.95. The van der Waals surface area contributed by atoms with Gasteiger partial charge in [-0.25, -0.2) is 13.6 Å². The number of sulfonamides is 1. The van der Waals surface area contributed by atoms with Crippen molar-refractivity contribution in [1.82, 2.24) is 4.98 Å². The van der Waals surface area contributed by atoms with Crippen LogP contribution >= 0.6 is 23.2 Å². The quantitative estimate of drug-likeness (QED) is 0.317. The largest absolute Gasteiger partial charge is 0.507 e. The third-order valence-corrected chi connectivity index (χ3v) is 6.75. The molecule has 8 nitrogen and oxygen atoms in total. The van der Waals surface area contributed by atoms with E-state index >= 15 is 0 Å². The fourth-order valence-electron chi connectivity index (χ4n) is 3.55. The smallest absolute Gasteiger partial charge is 0.300 e. The minimum Gasteiger partial charge on any atom is -0.507 e. The lowest BCUT2D eigenvalue weighted by molar-refractivity contribution is -0.132. The Balaban J connectivity index is 1.92. The van der Waals surface area contributed by atoms with Crippen molar-refractivity contribution in [3.8, 4) is 0 Å². The maximum Gasteiger partial charge on any atom is 0.300 e. The summed E-state index contributed by atoms with van der Waals surface area (Å²) in [5.74, 6) is -2.28. The van der Waals surface area contributed by atoms with Gasteiger partial charge in [0.25, 0.3) is 11.7 Å². The molecule has 1 amide bonds. The second-order valence-corrected chi connectivity index (χ2v) is 9.50. The number of carbonyl (C=O) groups excluding carboxylic acids is 2. The number of rotatable bonds is 4. The van der Waals surface area contributed by atoms with Crippen LogP contribution in [0.2, 0.25) is 10.0 Å². The summed E-state index contributed by atoms with van der Waals surface area (Å²) in [6, 6.07) is 11.7. The van der Waals surface area contributed by atoms with Gasteiger partial charge in [-0.15, -0.1) is 0 Å². The minimum absolute atomic E-state index is 0.156. The molecule has 1 atom stereocenters. The summed E-state index contributed by atoms with van der Waals surface area (Å²) in [5, 5.41) is 16.6. The zero-order chi connectivity index (χ0) is 23.9. The lowest BCUT2D eigenvalue weighted by Gasteiger charge is -2.25. The number of primary sulfonamides is 1. The number of pyridine rings is 1. The van der Waals surface area contributed by atoms with Crippen LogP contribution in [0.25, 0.3) is 5.76 Å². The number of aliphatic hydroxyl groups is 1. The maximum atomic E-state index is 13.1. The van der Waals surface area contributed by atoms with Gasteiger partial charge in [-0.2, -0.15) is 0 Å². The fraction of sp³-hybridized carbons (Fsp3) is 0.0455. The van der Waals surface area contributed by atoms with E-state index in [2.05, 4.69) is 4.98 Å². The number of amides is 1. The number of nitrogens with zero attached hydrogens (tertiary/aromatic N) is 2. The number of aliphatic hydroxyl groups excluding tert-OH is 1. The molecule has 1 saturated heterocycles. The number of carbonyl (C=O) groups is 2. The first-order valence-electron chi connectivity index (χ1n) is 9.39. The fourth-order valence-corrected chi connectivity index (χ4v) is 4.36. The second-order valence-electron chi connectivity index (χ2n) is 7.12. The molecule has 0 spiro atoms. The molecule has 2 heterocycles. The van der Waals surface area contributed by atoms with Gasteiger partial charge in [0.05, 0.1) is 26.6 Å². The number of benzene rings is 2. The van der Waals surface area contributed by atoms with E-state index in [-0.39, 0.29) is 31.8 Å². The Hall–Kier alpha value is -3.24. The summed E-state index contributed by atoms with van der Waals surface area (Å²) < 4.78 is 23.2. The highest BCUT2D eigenvalue weighted by Gasteiger charge is 2.47. The van der Waals surface area contributed by atoms with E-state index in [1.165, 1.54) is 54.9 Å². The Labute approximate surface area is 198 Å². The molecule has 1 unspecified atom stereocenters. The molecule has 33 heavy (non-hydrogen) atoms. The van der Waals surface area contributed by atoms with Crippen molar-refractivity contribution in [2.45, 2.75) is 10.9 Å². The summed E-state index contributed by atoms with van der Waals surface area (Å²) >= 11 is 12.0. The van der Waals surface area contributed by atoms with Crippen molar-refractivity contribution in [3.63, 3.8) is 0 Å². The summed E-state index contributed by atoms with van der Waals surface area (Å²) in [7, 11) is -3.95. The molecule has 1 aliphatic rings. The summed E-state index contributed by atoms with van der Waals surface area (Å²) in [6.07, 6.45) is 2.99. The first-order valence-corrected chi connectivity index (χ1v) is 11.7. The molecule has 1 aliphatic heterocycles. The zero-order valence-corrected chi connectivity index (χ0v) is 19.0. The van der Waals surface area contributed by atoms with Gasteiger partial charge in [0.2, 0.25) is 10.0 Å². The van der Waals surface area contributed by atoms with E-state index in [0.717, 1.165) is 4.90 Å². The Morgan fingerprint density at radius 1 is 1.03 bits per heavy atom. The zero-order valence-electron chi connectivity index (χ0n) is 16.6. The van der Waals surface area contributed by atoms with Crippen molar-refractivity contribution >= 4 is 56.4 Å².